The van der Waals surface area contributed by atoms with E-state index in [0.29, 0.717) is 18.1 Å². The van der Waals surface area contributed by atoms with Crippen LogP contribution in [0.4, 0.5) is 8.78 Å². The minimum atomic E-state index is -0.858. The summed E-state index contributed by atoms with van der Waals surface area (Å²) in [6.45, 7) is 5.82. The molecule has 0 amide bonds. The molecule has 1 saturated carbocycles. The summed E-state index contributed by atoms with van der Waals surface area (Å²) in [5.74, 6) is -1.10. The van der Waals surface area contributed by atoms with Crippen LogP contribution in [-0.4, -0.2) is 32.0 Å². The van der Waals surface area contributed by atoms with Gasteiger partial charge in [-0.3, -0.25) is 0 Å². The Morgan fingerprint density at radius 1 is 1.07 bits per heavy atom. The van der Waals surface area contributed by atoms with Gasteiger partial charge in [0.25, 0.3) is 0 Å². The molecule has 29 heavy (non-hydrogen) atoms. The third kappa shape index (κ3) is 6.02. The van der Waals surface area contributed by atoms with Crippen molar-refractivity contribution in [2.24, 2.45) is 5.92 Å². The second kappa shape index (κ2) is 11.1. The van der Waals surface area contributed by atoms with Crippen molar-refractivity contribution in [3.63, 3.8) is 0 Å². The summed E-state index contributed by atoms with van der Waals surface area (Å²) in [6.07, 6.45) is 11.0. The van der Waals surface area contributed by atoms with Crippen LogP contribution in [-0.2, 0) is 9.47 Å². The zero-order valence-corrected chi connectivity index (χ0v) is 17.7. The molecule has 0 bridgehead atoms. The van der Waals surface area contributed by atoms with Crippen LogP contribution in [0.2, 0.25) is 0 Å². The summed E-state index contributed by atoms with van der Waals surface area (Å²) in [6, 6.07) is 3.26. The second-order valence-electron chi connectivity index (χ2n) is 8.28. The summed E-state index contributed by atoms with van der Waals surface area (Å²) in [4.78, 5) is 0. The van der Waals surface area contributed by atoms with E-state index < -0.39 is 11.6 Å². The van der Waals surface area contributed by atoms with Gasteiger partial charge in [-0.1, -0.05) is 25.1 Å². The van der Waals surface area contributed by atoms with E-state index >= 15 is 0 Å². The fraction of sp³-hybridized carbons (Fsp3) is 0.667. The molecular formula is C24H34F2O3. The Hall–Kier alpha value is -1.46. The van der Waals surface area contributed by atoms with Crippen LogP contribution < -0.4 is 4.74 Å². The Bertz CT molecular complexity index is 660. The summed E-state index contributed by atoms with van der Waals surface area (Å²) in [5.41, 5.74) is 0.473. The van der Waals surface area contributed by atoms with Gasteiger partial charge >= 0.3 is 0 Å². The van der Waals surface area contributed by atoms with Gasteiger partial charge in [-0.2, -0.15) is 4.39 Å². The lowest BCUT2D eigenvalue weighted by Gasteiger charge is -2.32. The van der Waals surface area contributed by atoms with E-state index in [1.165, 1.54) is 0 Å². The first-order valence-electron chi connectivity index (χ1n) is 11.1. The second-order valence-corrected chi connectivity index (χ2v) is 8.28. The predicted molar refractivity (Wildman–Crippen MR) is 110 cm³/mol. The van der Waals surface area contributed by atoms with Crippen molar-refractivity contribution in [1.29, 1.82) is 0 Å². The maximum Gasteiger partial charge on any atom is 0.200 e. The van der Waals surface area contributed by atoms with E-state index in [9.17, 15) is 8.78 Å². The van der Waals surface area contributed by atoms with Crippen molar-refractivity contribution in [3.05, 3.63) is 41.5 Å². The molecule has 0 radical (unpaired) electrons. The first kappa shape index (κ1) is 22.2. The maximum atomic E-state index is 14.5. The average Bonchev–Trinajstić information content (AvgIpc) is 2.75. The summed E-state index contributed by atoms with van der Waals surface area (Å²) in [7, 11) is 0. The summed E-state index contributed by atoms with van der Waals surface area (Å²) in [5, 5.41) is 0. The molecule has 1 aliphatic carbocycles. The van der Waals surface area contributed by atoms with Crippen molar-refractivity contribution in [2.75, 3.05) is 19.8 Å². The van der Waals surface area contributed by atoms with E-state index in [1.54, 1.807) is 12.1 Å². The molecule has 1 aromatic rings. The molecule has 2 atom stereocenters. The first-order chi connectivity index (χ1) is 14.1. The molecule has 1 saturated heterocycles. The quantitative estimate of drug-likeness (QED) is 0.482. The number of halogens is 2. The Morgan fingerprint density at radius 2 is 1.86 bits per heavy atom. The van der Waals surface area contributed by atoms with E-state index in [1.807, 2.05) is 19.9 Å². The fourth-order valence-electron chi connectivity index (χ4n) is 4.32. The highest BCUT2D eigenvalue weighted by atomic mass is 19.2. The van der Waals surface area contributed by atoms with Crippen molar-refractivity contribution in [3.8, 4) is 5.75 Å². The van der Waals surface area contributed by atoms with Crippen LogP contribution in [0, 0.1) is 17.6 Å². The highest BCUT2D eigenvalue weighted by Crippen LogP contribution is 2.37. The molecule has 2 unspecified atom stereocenters. The lowest BCUT2D eigenvalue weighted by atomic mass is 9.82. The fourth-order valence-corrected chi connectivity index (χ4v) is 4.32. The van der Waals surface area contributed by atoms with Crippen LogP contribution in [0.25, 0.3) is 0 Å². The Labute approximate surface area is 173 Å². The van der Waals surface area contributed by atoms with Crippen LogP contribution in [0.3, 0.4) is 0 Å². The molecule has 2 fully saturated rings. The number of hydrogen-bond donors (Lipinski definition) is 0. The standard InChI is InChI=1S/C24H34F2O3/c1-3-5-19-9-6-17(15-28-19)16-29-20-10-7-18(8-11-20)21-12-13-22(27-14-4-2)24(26)23(21)25/h3,5,12-13,17-20H,4,6-11,14-16H2,1-2H3. The SMILES string of the molecule is CC=CC1CCC(COC2CCC(c3ccc(OCCC)c(F)c3F)CC2)CO1. The minimum absolute atomic E-state index is 0.0106. The molecule has 0 N–H and O–H groups in total. The number of hydrogen-bond acceptors (Lipinski definition) is 3. The topological polar surface area (TPSA) is 27.7 Å². The number of allylic oxidation sites excluding steroid dienone is 1. The Balaban J connectivity index is 1.44. The van der Waals surface area contributed by atoms with Gasteiger partial charge in [0.1, 0.15) is 0 Å². The molecular weight excluding hydrogens is 374 g/mol. The summed E-state index contributed by atoms with van der Waals surface area (Å²) < 4.78 is 46.1. The van der Waals surface area contributed by atoms with Gasteiger partial charge < -0.3 is 14.2 Å². The molecule has 1 aliphatic heterocycles. The average molecular weight is 409 g/mol. The zero-order valence-electron chi connectivity index (χ0n) is 17.7. The van der Waals surface area contributed by atoms with E-state index in [0.717, 1.165) is 58.2 Å². The molecule has 5 heteroatoms. The van der Waals surface area contributed by atoms with Crippen LogP contribution in [0.1, 0.15) is 70.3 Å². The molecule has 162 valence electrons. The van der Waals surface area contributed by atoms with Crippen LogP contribution >= 0.6 is 0 Å². The molecule has 0 aromatic heterocycles. The van der Waals surface area contributed by atoms with E-state index in [-0.39, 0.29) is 23.9 Å². The third-order valence-electron chi connectivity index (χ3n) is 6.03. The minimum Gasteiger partial charge on any atom is -0.490 e. The molecule has 0 spiro atoms. The summed E-state index contributed by atoms with van der Waals surface area (Å²) >= 11 is 0. The number of ether oxygens (including phenoxy) is 3. The van der Waals surface area contributed by atoms with Gasteiger partial charge in [-0.25, -0.2) is 4.39 Å². The smallest absolute Gasteiger partial charge is 0.200 e. The Kier molecular flexibility index (Phi) is 8.49. The van der Waals surface area contributed by atoms with Gasteiger partial charge in [0, 0.05) is 5.92 Å². The predicted octanol–water partition coefficient (Wildman–Crippen LogP) is 6.17. The van der Waals surface area contributed by atoms with Crippen molar-refractivity contribution < 1.29 is 23.0 Å². The zero-order chi connectivity index (χ0) is 20.6. The monoisotopic (exact) mass is 408 g/mol. The number of benzene rings is 1. The lowest BCUT2D eigenvalue weighted by molar-refractivity contribution is -0.0503. The van der Waals surface area contributed by atoms with Crippen LogP contribution in [0.5, 0.6) is 5.75 Å². The molecule has 1 aromatic carbocycles. The highest BCUT2D eigenvalue weighted by molar-refractivity contribution is 5.33. The molecule has 2 aliphatic rings. The normalized spacial score (nSPS) is 28.0. The van der Waals surface area contributed by atoms with Gasteiger partial charge in [-0.15, -0.1) is 0 Å². The Morgan fingerprint density at radius 3 is 2.52 bits per heavy atom. The van der Waals surface area contributed by atoms with Gasteiger partial charge in [0.15, 0.2) is 11.6 Å². The molecule has 3 nitrogen and oxygen atoms in total. The third-order valence-corrected chi connectivity index (χ3v) is 6.03. The van der Waals surface area contributed by atoms with Gasteiger partial charge in [-0.05, 0) is 69.4 Å². The number of rotatable bonds is 8. The lowest BCUT2D eigenvalue weighted by Crippen LogP contribution is -2.30. The van der Waals surface area contributed by atoms with Gasteiger partial charge in [0.2, 0.25) is 5.82 Å². The van der Waals surface area contributed by atoms with Crippen LogP contribution in [0.15, 0.2) is 24.3 Å². The van der Waals surface area contributed by atoms with Crippen molar-refractivity contribution in [2.45, 2.75) is 76.9 Å². The maximum absolute atomic E-state index is 14.5. The van der Waals surface area contributed by atoms with E-state index in [2.05, 4.69) is 6.08 Å². The van der Waals surface area contributed by atoms with Crippen molar-refractivity contribution in [1.82, 2.24) is 0 Å². The highest BCUT2D eigenvalue weighted by Gasteiger charge is 2.28. The van der Waals surface area contributed by atoms with Gasteiger partial charge in [0.05, 0.1) is 32.0 Å². The van der Waals surface area contributed by atoms with E-state index in [4.69, 9.17) is 14.2 Å². The molecule has 1 heterocycles. The first-order valence-corrected chi connectivity index (χ1v) is 11.1. The van der Waals surface area contributed by atoms with Crippen molar-refractivity contribution >= 4 is 0 Å². The molecule has 3 rings (SSSR count). The largest absolute Gasteiger partial charge is 0.490 e.